The van der Waals surface area contributed by atoms with Crippen molar-refractivity contribution in [3.05, 3.63) is 23.4 Å². The molecule has 0 aliphatic rings. The molecule has 0 aliphatic heterocycles. The Kier molecular flexibility index (Phi) is 9.96. The second-order valence-corrected chi connectivity index (χ2v) is 9.09. The smallest absolute Gasteiger partial charge is 0.140 e. The lowest BCUT2D eigenvalue weighted by molar-refractivity contribution is -0.127. The average molecular weight is 372 g/mol. The van der Waals surface area contributed by atoms with Crippen molar-refractivity contribution >= 4 is 27.4 Å². The van der Waals surface area contributed by atoms with E-state index in [0.29, 0.717) is 32.8 Å². The van der Waals surface area contributed by atoms with Gasteiger partial charge >= 0.3 is 0 Å². The van der Waals surface area contributed by atoms with Crippen LogP contribution in [0.3, 0.4) is 0 Å². The fourth-order valence-electron chi connectivity index (χ4n) is 1.84. The third-order valence-corrected chi connectivity index (χ3v) is 5.66. The van der Waals surface area contributed by atoms with Gasteiger partial charge in [-0.25, -0.2) is 4.98 Å². The van der Waals surface area contributed by atoms with E-state index in [1.54, 1.807) is 21.6 Å². The predicted molar refractivity (Wildman–Crippen MR) is 103 cm³/mol. The number of ether oxygens (including phenoxy) is 2. The van der Waals surface area contributed by atoms with E-state index in [9.17, 15) is 4.79 Å². The van der Waals surface area contributed by atoms with Crippen molar-refractivity contribution < 1.29 is 14.3 Å². The number of aryl methyl sites for hydroxylation is 2. The van der Waals surface area contributed by atoms with E-state index in [1.807, 2.05) is 27.0 Å². The molecule has 6 heteroatoms. The van der Waals surface area contributed by atoms with Crippen molar-refractivity contribution in [3.8, 4) is 0 Å². The molecule has 0 aliphatic carbocycles. The van der Waals surface area contributed by atoms with Gasteiger partial charge in [0.2, 0.25) is 0 Å². The Hall–Kier alpha value is -0.560. The van der Waals surface area contributed by atoms with Crippen LogP contribution in [0.4, 0.5) is 0 Å². The van der Waals surface area contributed by atoms with Crippen LogP contribution >= 0.6 is 21.6 Å². The van der Waals surface area contributed by atoms with E-state index in [2.05, 4.69) is 24.9 Å². The maximum Gasteiger partial charge on any atom is 0.140 e. The third kappa shape index (κ3) is 9.06. The molecular formula is C18H29NO3S2. The minimum absolute atomic E-state index is 0.233. The van der Waals surface area contributed by atoms with Gasteiger partial charge in [0, 0.05) is 23.8 Å². The van der Waals surface area contributed by atoms with Gasteiger partial charge in [-0.2, -0.15) is 0 Å². The van der Waals surface area contributed by atoms with Crippen molar-refractivity contribution in [2.45, 2.75) is 46.1 Å². The topological polar surface area (TPSA) is 48.4 Å². The number of hydrogen-bond donors (Lipinski definition) is 0. The summed E-state index contributed by atoms with van der Waals surface area (Å²) in [7, 11) is 3.43. The molecule has 1 aromatic rings. The van der Waals surface area contributed by atoms with Crippen LogP contribution in [-0.2, 0) is 14.3 Å². The molecule has 1 aromatic heterocycles. The van der Waals surface area contributed by atoms with Gasteiger partial charge in [-0.1, -0.05) is 37.6 Å². The highest BCUT2D eigenvalue weighted by Gasteiger charge is 2.20. The Morgan fingerprint density at radius 2 is 1.79 bits per heavy atom. The Balaban J connectivity index is 1.97. The highest BCUT2D eigenvalue weighted by Crippen LogP contribution is 2.31. The van der Waals surface area contributed by atoms with Crippen LogP contribution in [0.15, 0.2) is 17.3 Å². The van der Waals surface area contributed by atoms with Crippen molar-refractivity contribution in [1.29, 1.82) is 0 Å². The molecular weight excluding hydrogens is 342 g/mol. The van der Waals surface area contributed by atoms with Crippen LogP contribution in [0.25, 0.3) is 0 Å². The van der Waals surface area contributed by atoms with Gasteiger partial charge in [-0.15, -0.1) is 0 Å². The summed E-state index contributed by atoms with van der Waals surface area (Å²) in [5, 5.41) is 1.07. The first-order chi connectivity index (χ1) is 11.3. The molecule has 0 bridgehead atoms. The van der Waals surface area contributed by atoms with Crippen LogP contribution < -0.4 is 0 Å². The van der Waals surface area contributed by atoms with Crippen molar-refractivity contribution in [1.82, 2.24) is 4.98 Å². The zero-order chi connectivity index (χ0) is 18.0. The van der Waals surface area contributed by atoms with E-state index in [-0.39, 0.29) is 11.2 Å². The fraction of sp³-hybridized carbons (Fsp3) is 0.667. The number of pyridine rings is 1. The molecule has 0 N–H and O–H groups in total. The molecule has 0 fully saturated rings. The standard InChI is InChI=1S/C18H29NO3S2/c1-14-12-15(2)17(19-13-14)24-23-11-10-22-9-8-21-7-6-16(20)18(3,4)5/h12-13H,6-11H2,1-5H3. The highest BCUT2D eigenvalue weighted by molar-refractivity contribution is 8.76. The number of rotatable bonds is 11. The molecule has 0 unspecified atom stereocenters. The van der Waals surface area contributed by atoms with Gasteiger partial charge in [0.15, 0.2) is 0 Å². The first kappa shape index (κ1) is 21.5. The summed E-state index contributed by atoms with van der Waals surface area (Å²) >= 11 is 0. The minimum atomic E-state index is -0.278. The molecule has 0 saturated heterocycles. The zero-order valence-corrected chi connectivity index (χ0v) is 17.0. The molecule has 4 nitrogen and oxygen atoms in total. The van der Waals surface area contributed by atoms with Crippen molar-refractivity contribution in [2.24, 2.45) is 5.41 Å². The number of ketones is 1. The molecule has 136 valence electrons. The van der Waals surface area contributed by atoms with Crippen LogP contribution in [0.1, 0.15) is 38.3 Å². The number of carbonyl (C=O) groups is 1. The number of aromatic nitrogens is 1. The van der Waals surface area contributed by atoms with Crippen molar-refractivity contribution in [3.63, 3.8) is 0 Å². The maximum atomic E-state index is 11.7. The first-order valence-electron chi connectivity index (χ1n) is 8.22. The second-order valence-electron chi connectivity index (χ2n) is 6.69. The Labute approximate surface area is 153 Å². The van der Waals surface area contributed by atoms with Gasteiger partial charge < -0.3 is 9.47 Å². The van der Waals surface area contributed by atoms with E-state index in [4.69, 9.17) is 9.47 Å². The maximum absolute atomic E-state index is 11.7. The summed E-state index contributed by atoms with van der Waals surface area (Å²) in [5.74, 6) is 1.14. The van der Waals surface area contributed by atoms with E-state index >= 15 is 0 Å². The lowest BCUT2D eigenvalue weighted by Gasteiger charge is -2.16. The molecule has 1 heterocycles. The zero-order valence-electron chi connectivity index (χ0n) is 15.4. The SMILES string of the molecule is Cc1cnc(SSCCOCCOCCC(=O)C(C)(C)C)c(C)c1. The lowest BCUT2D eigenvalue weighted by atomic mass is 9.89. The van der Waals surface area contributed by atoms with Gasteiger partial charge in [0.05, 0.1) is 26.4 Å². The number of Topliss-reactive ketones (excluding diaryl/α,β-unsaturated/α-hetero) is 1. The summed E-state index contributed by atoms with van der Waals surface area (Å²) in [6, 6.07) is 2.15. The van der Waals surface area contributed by atoms with Crippen LogP contribution in [0.5, 0.6) is 0 Å². The molecule has 0 aromatic carbocycles. The number of carbonyl (C=O) groups excluding carboxylic acids is 1. The second kappa shape index (κ2) is 11.1. The van der Waals surface area contributed by atoms with E-state index in [0.717, 1.165) is 10.8 Å². The summed E-state index contributed by atoms with van der Waals surface area (Å²) < 4.78 is 11.0. The van der Waals surface area contributed by atoms with Crippen LogP contribution in [0, 0.1) is 19.3 Å². The molecule has 0 radical (unpaired) electrons. The Morgan fingerprint density at radius 3 is 2.42 bits per heavy atom. The van der Waals surface area contributed by atoms with Gasteiger partial charge in [0.1, 0.15) is 10.8 Å². The van der Waals surface area contributed by atoms with Gasteiger partial charge in [0.25, 0.3) is 0 Å². The van der Waals surface area contributed by atoms with Gasteiger partial charge in [-0.3, -0.25) is 4.79 Å². The van der Waals surface area contributed by atoms with Crippen molar-refractivity contribution in [2.75, 3.05) is 32.2 Å². The Morgan fingerprint density at radius 1 is 1.12 bits per heavy atom. The molecule has 0 spiro atoms. The summed E-state index contributed by atoms with van der Waals surface area (Å²) in [6.45, 7) is 12.2. The highest BCUT2D eigenvalue weighted by atomic mass is 33.1. The van der Waals surface area contributed by atoms with Gasteiger partial charge in [-0.05, 0) is 35.8 Å². The largest absolute Gasteiger partial charge is 0.379 e. The number of nitrogens with zero attached hydrogens (tertiary/aromatic N) is 1. The average Bonchev–Trinajstić information content (AvgIpc) is 2.49. The third-order valence-electron chi connectivity index (χ3n) is 3.30. The molecule has 24 heavy (non-hydrogen) atoms. The minimum Gasteiger partial charge on any atom is -0.379 e. The Bertz CT molecular complexity index is 515. The van der Waals surface area contributed by atoms with Crippen LogP contribution in [0.2, 0.25) is 0 Å². The van der Waals surface area contributed by atoms with E-state index in [1.165, 1.54) is 11.1 Å². The molecule has 0 atom stereocenters. The molecule has 0 amide bonds. The normalized spacial score (nSPS) is 11.7. The molecule has 0 saturated carbocycles. The summed E-state index contributed by atoms with van der Waals surface area (Å²) in [5.41, 5.74) is 2.13. The summed E-state index contributed by atoms with van der Waals surface area (Å²) in [6.07, 6.45) is 2.37. The molecule has 1 rings (SSSR count). The monoisotopic (exact) mass is 371 g/mol. The summed E-state index contributed by atoms with van der Waals surface area (Å²) in [4.78, 5) is 16.1. The van der Waals surface area contributed by atoms with E-state index < -0.39 is 0 Å². The predicted octanol–water partition coefficient (Wildman–Crippen LogP) is 4.48. The number of hydrogen-bond acceptors (Lipinski definition) is 6. The first-order valence-corrected chi connectivity index (χ1v) is 10.5. The lowest BCUT2D eigenvalue weighted by Crippen LogP contribution is -2.21. The van der Waals surface area contributed by atoms with Crippen LogP contribution in [-0.4, -0.2) is 42.9 Å². The fourth-order valence-corrected chi connectivity index (χ4v) is 3.82. The quantitative estimate of drug-likeness (QED) is 0.422.